The normalized spacial score (nSPS) is 13.8. The van der Waals surface area contributed by atoms with E-state index in [9.17, 15) is 0 Å². The average Bonchev–Trinajstić information content (AvgIpc) is 2.28. The van der Waals surface area contributed by atoms with Crippen LogP contribution in [0.1, 0.15) is 40.2 Å². The zero-order valence-electron chi connectivity index (χ0n) is 12.2. The third-order valence-electron chi connectivity index (χ3n) is 2.82. The molecule has 0 aliphatic carbocycles. The Balaban J connectivity index is 2.80. The molecular weight excluding hydrogens is 222 g/mol. The lowest BCUT2D eigenvalue weighted by molar-refractivity contribution is 0.242. The van der Waals surface area contributed by atoms with Gasteiger partial charge in [0.25, 0.3) is 0 Å². The van der Waals surface area contributed by atoms with Crippen LogP contribution in [0.25, 0.3) is 6.08 Å². The number of ether oxygens (including phenoxy) is 1. The van der Waals surface area contributed by atoms with E-state index in [0.29, 0.717) is 6.04 Å². The van der Waals surface area contributed by atoms with Gasteiger partial charge < -0.3 is 10.1 Å². The molecule has 0 aromatic heterocycles. The van der Waals surface area contributed by atoms with Gasteiger partial charge in [0, 0.05) is 6.04 Å². The molecule has 0 amide bonds. The fourth-order valence-corrected chi connectivity index (χ4v) is 1.80. The SMILES string of the molecule is CCNC(C)/C(C)=C/c1cccc(OC(C)C)c1. The van der Waals surface area contributed by atoms with Crippen LogP contribution in [0, 0.1) is 0 Å². The van der Waals surface area contributed by atoms with Gasteiger partial charge in [-0.3, -0.25) is 0 Å². The summed E-state index contributed by atoms with van der Waals surface area (Å²) in [6.07, 6.45) is 2.42. The van der Waals surface area contributed by atoms with Gasteiger partial charge in [-0.2, -0.15) is 0 Å². The second kappa shape index (κ2) is 7.22. The summed E-state index contributed by atoms with van der Waals surface area (Å²) in [6, 6.07) is 8.64. The van der Waals surface area contributed by atoms with Gasteiger partial charge in [-0.25, -0.2) is 0 Å². The molecule has 0 bridgehead atoms. The Hall–Kier alpha value is -1.28. The minimum Gasteiger partial charge on any atom is -0.491 e. The molecule has 0 aliphatic rings. The van der Waals surface area contributed by atoms with Crippen molar-refractivity contribution in [1.82, 2.24) is 5.32 Å². The Morgan fingerprint density at radius 2 is 2.06 bits per heavy atom. The zero-order chi connectivity index (χ0) is 13.5. The summed E-state index contributed by atoms with van der Waals surface area (Å²) in [6.45, 7) is 11.5. The number of likely N-dealkylation sites (N-methyl/N-ethyl adjacent to an activating group) is 1. The van der Waals surface area contributed by atoms with Crippen LogP contribution in [0.15, 0.2) is 29.8 Å². The van der Waals surface area contributed by atoms with E-state index in [1.165, 1.54) is 11.1 Å². The Bertz CT molecular complexity index is 396. The van der Waals surface area contributed by atoms with Crippen LogP contribution in [0.4, 0.5) is 0 Å². The number of benzene rings is 1. The first-order valence-electron chi connectivity index (χ1n) is 6.71. The molecule has 0 aliphatic heterocycles. The van der Waals surface area contributed by atoms with Crippen LogP contribution < -0.4 is 10.1 Å². The summed E-state index contributed by atoms with van der Waals surface area (Å²) in [5.41, 5.74) is 2.52. The molecule has 0 radical (unpaired) electrons. The Morgan fingerprint density at radius 3 is 2.67 bits per heavy atom. The molecule has 1 aromatic carbocycles. The number of nitrogens with one attached hydrogen (secondary N) is 1. The Kier molecular flexibility index (Phi) is 5.93. The minimum absolute atomic E-state index is 0.214. The molecule has 0 saturated carbocycles. The van der Waals surface area contributed by atoms with Crippen molar-refractivity contribution >= 4 is 6.08 Å². The summed E-state index contributed by atoms with van der Waals surface area (Å²) < 4.78 is 5.70. The van der Waals surface area contributed by atoms with Gasteiger partial charge in [-0.1, -0.05) is 30.7 Å². The van der Waals surface area contributed by atoms with Gasteiger partial charge in [0.15, 0.2) is 0 Å². The highest BCUT2D eigenvalue weighted by Crippen LogP contribution is 2.17. The van der Waals surface area contributed by atoms with Crippen molar-refractivity contribution in [2.45, 2.75) is 46.8 Å². The third-order valence-corrected chi connectivity index (χ3v) is 2.82. The van der Waals surface area contributed by atoms with Crippen molar-refractivity contribution < 1.29 is 4.74 Å². The maximum Gasteiger partial charge on any atom is 0.120 e. The van der Waals surface area contributed by atoms with Crippen molar-refractivity contribution in [2.75, 3.05) is 6.54 Å². The molecule has 100 valence electrons. The smallest absolute Gasteiger partial charge is 0.120 e. The molecule has 18 heavy (non-hydrogen) atoms. The van der Waals surface area contributed by atoms with Crippen molar-refractivity contribution in [1.29, 1.82) is 0 Å². The molecule has 1 unspecified atom stereocenters. The monoisotopic (exact) mass is 247 g/mol. The summed E-state index contributed by atoms with van der Waals surface area (Å²) in [5, 5.41) is 3.41. The van der Waals surface area contributed by atoms with E-state index in [4.69, 9.17) is 4.74 Å². The Morgan fingerprint density at radius 1 is 1.33 bits per heavy atom. The maximum absolute atomic E-state index is 5.70. The van der Waals surface area contributed by atoms with E-state index in [1.54, 1.807) is 0 Å². The van der Waals surface area contributed by atoms with E-state index in [2.05, 4.69) is 44.3 Å². The van der Waals surface area contributed by atoms with E-state index in [-0.39, 0.29) is 6.10 Å². The first-order valence-corrected chi connectivity index (χ1v) is 6.71. The van der Waals surface area contributed by atoms with Crippen LogP contribution in [0.3, 0.4) is 0 Å². The summed E-state index contributed by atoms with van der Waals surface area (Å²) in [5.74, 6) is 0.933. The number of rotatable bonds is 6. The van der Waals surface area contributed by atoms with Crippen LogP contribution >= 0.6 is 0 Å². The number of hydrogen-bond donors (Lipinski definition) is 1. The van der Waals surface area contributed by atoms with E-state index in [0.717, 1.165) is 12.3 Å². The quantitative estimate of drug-likeness (QED) is 0.824. The lowest BCUT2D eigenvalue weighted by Gasteiger charge is -2.14. The first kappa shape index (κ1) is 14.8. The van der Waals surface area contributed by atoms with Gasteiger partial charge in [0.1, 0.15) is 5.75 Å². The van der Waals surface area contributed by atoms with Gasteiger partial charge in [-0.15, -0.1) is 0 Å². The van der Waals surface area contributed by atoms with Crippen LogP contribution in [0.5, 0.6) is 5.75 Å². The van der Waals surface area contributed by atoms with Gasteiger partial charge in [0.05, 0.1) is 6.10 Å². The molecule has 0 spiro atoms. The van der Waals surface area contributed by atoms with Crippen molar-refractivity contribution in [3.05, 3.63) is 35.4 Å². The zero-order valence-corrected chi connectivity index (χ0v) is 12.2. The van der Waals surface area contributed by atoms with E-state index in [1.807, 2.05) is 26.0 Å². The maximum atomic E-state index is 5.70. The van der Waals surface area contributed by atoms with Crippen molar-refractivity contribution in [3.63, 3.8) is 0 Å². The molecule has 0 saturated heterocycles. The van der Waals surface area contributed by atoms with Crippen molar-refractivity contribution in [3.8, 4) is 5.75 Å². The molecule has 1 aromatic rings. The Labute approximate surface area is 111 Å². The lowest BCUT2D eigenvalue weighted by atomic mass is 10.1. The fraction of sp³-hybridized carbons (Fsp3) is 0.500. The summed E-state index contributed by atoms with van der Waals surface area (Å²) in [7, 11) is 0. The van der Waals surface area contributed by atoms with Crippen LogP contribution in [0.2, 0.25) is 0 Å². The molecule has 0 heterocycles. The van der Waals surface area contributed by atoms with E-state index >= 15 is 0 Å². The topological polar surface area (TPSA) is 21.3 Å². The highest BCUT2D eigenvalue weighted by atomic mass is 16.5. The standard InChI is InChI=1S/C16H25NO/c1-6-17-14(5)13(4)10-15-8-7-9-16(11-15)18-12(2)3/h7-12,14,17H,6H2,1-5H3/b13-10+. The van der Waals surface area contributed by atoms with Gasteiger partial charge >= 0.3 is 0 Å². The van der Waals surface area contributed by atoms with Crippen LogP contribution in [-0.2, 0) is 0 Å². The molecular formula is C16H25NO. The molecule has 1 atom stereocenters. The summed E-state index contributed by atoms with van der Waals surface area (Å²) in [4.78, 5) is 0. The third kappa shape index (κ3) is 4.92. The second-order valence-corrected chi connectivity index (χ2v) is 4.91. The average molecular weight is 247 g/mol. The van der Waals surface area contributed by atoms with Gasteiger partial charge in [0.2, 0.25) is 0 Å². The molecule has 1 rings (SSSR count). The van der Waals surface area contributed by atoms with E-state index < -0.39 is 0 Å². The van der Waals surface area contributed by atoms with Crippen molar-refractivity contribution in [2.24, 2.45) is 0 Å². The number of hydrogen-bond acceptors (Lipinski definition) is 2. The molecule has 0 fully saturated rings. The predicted molar refractivity (Wildman–Crippen MR) is 79.0 cm³/mol. The molecule has 2 nitrogen and oxygen atoms in total. The largest absolute Gasteiger partial charge is 0.491 e. The predicted octanol–water partition coefficient (Wildman–Crippen LogP) is 3.88. The first-order chi connectivity index (χ1) is 8.52. The highest BCUT2D eigenvalue weighted by Gasteiger charge is 2.03. The second-order valence-electron chi connectivity index (χ2n) is 4.91. The minimum atomic E-state index is 0.214. The van der Waals surface area contributed by atoms with Gasteiger partial charge in [-0.05, 0) is 51.9 Å². The fourth-order valence-electron chi connectivity index (χ4n) is 1.80. The summed E-state index contributed by atoms with van der Waals surface area (Å²) >= 11 is 0. The molecule has 1 N–H and O–H groups in total. The highest BCUT2D eigenvalue weighted by molar-refractivity contribution is 5.55. The van der Waals surface area contributed by atoms with Crippen LogP contribution in [-0.4, -0.2) is 18.7 Å². The lowest BCUT2D eigenvalue weighted by Crippen LogP contribution is -2.26. The molecule has 2 heteroatoms.